The second-order valence-corrected chi connectivity index (χ2v) is 11.6. The Labute approximate surface area is 233 Å². The van der Waals surface area contributed by atoms with Gasteiger partial charge in [0.05, 0.1) is 12.5 Å². The molecule has 206 valence electrons. The van der Waals surface area contributed by atoms with Crippen LogP contribution in [0, 0.1) is 17.3 Å². The van der Waals surface area contributed by atoms with Crippen molar-refractivity contribution in [3.63, 3.8) is 0 Å². The summed E-state index contributed by atoms with van der Waals surface area (Å²) in [6, 6.07) is 18.7. The highest BCUT2D eigenvalue weighted by molar-refractivity contribution is 5.85. The Morgan fingerprint density at radius 3 is 2.26 bits per heavy atom. The molecule has 3 heterocycles. The van der Waals surface area contributed by atoms with Gasteiger partial charge < -0.3 is 19.4 Å². The van der Waals surface area contributed by atoms with Crippen LogP contribution in [0.2, 0.25) is 0 Å². The maximum atomic E-state index is 13.5. The van der Waals surface area contributed by atoms with Crippen LogP contribution < -0.4 is 4.74 Å². The summed E-state index contributed by atoms with van der Waals surface area (Å²) in [4.78, 5) is 33.0. The molecule has 2 aromatic rings. The molecule has 5 rings (SSSR count). The molecule has 0 N–H and O–H groups in total. The summed E-state index contributed by atoms with van der Waals surface area (Å²) in [5.41, 5.74) is 2.29. The fourth-order valence-corrected chi connectivity index (χ4v) is 6.63. The van der Waals surface area contributed by atoms with Gasteiger partial charge in [-0.1, -0.05) is 56.3 Å². The van der Waals surface area contributed by atoms with Crippen molar-refractivity contribution in [1.29, 1.82) is 0 Å². The van der Waals surface area contributed by atoms with Crippen molar-refractivity contribution in [2.45, 2.75) is 45.6 Å². The topological polar surface area (TPSA) is 53.1 Å². The minimum atomic E-state index is -0.197. The molecule has 2 aromatic carbocycles. The molecule has 2 amide bonds. The number of hydrogen-bond donors (Lipinski definition) is 0. The van der Waals surface area contributed by atoms with Gasteiger partial charge in [-0.3, -0.25) is 9.59 Å². The zero-order valence-corrected chi connectivity index (χ0v) is 23.8. The zero-order valence-electron chi connectivity index (χ0n) is 23.0. The predicted octanol–water partition coefficient (Wildman–Crippen LogP) is 4.83. The molecular formula is C31H42ClN3O3. The van der Waals surface area contributed by atoms with Crippen LogP contribution in [0.1, 0.15) is 50.2 Å². The number of carbonyl (C=O) groups is 2. The summed E-state index contributed by atoms with van der Waals surface area (Å²) in [6.45, 7) is 10.0. The Hall–Kier alpha value is -2.57. The van der Waals surface area contributed by atoms with E-state index in [0.717, 1.165) is 69.8 Å². The second kappa shape index (κ2) is 12.1. The van der Waals surface area contributed by atoms with Gasteiger partial charge in [-0.05, 0) is 61.5 Å². The minimum Gasteiger partial charge on any atom is -0.497 e. The minimum absolute atomic E-state index is 0. The summed E-state index contributed by atoms with van der Waals surface area (Å²) < 4.78 is 5.26. The fraction of sp³-hybridized carbons (Fsp3) is 0.548. The van der Waals surface area contributed by atoms with Crippen LogP contribution in [0.5, 0.6) is 5.75 Å². The maximum absolute atomic E-state index is 13.5. The van der Waals surface area contributed by atoms with E-state index in [4.69, 9.17) is 4.74 Å². The van der Waals surface area contributed by atoms with Gasteiger partial charge in [-0.2, -0.15) is 0 Å². The standard InChI is InChI=1S/C31H41N3O3.ClH/c1-23(2)29(35)34-21-26(28(22-34)25-7-5-4-6-8-25)20-32-16-13-31(14-17-32)15-18-33(30(31)36)19-24-9-11-27(37-3)12-10-24;/h4-12,23,26,28H,13-22H2,1-3H3;1H. The van der Waals surface area contributed by atoms with Crippen LogP contribution >= 0.6 is 12.4 Å². The lowest BCUT2D eigenvalue weighted by molar-refractivity contribution is -0.139. The number of carbonyl (C=O) groups excluding carboxylic acids is 2. The molecule has 0 aliphatic carbocycles. The van der Waals surface area contributed by atoms with Crippen molar-refractivity contribution in [2.75, 3.05) is 46.4 Å². The van der Waals surface area contributed by atoms with Crippen molar-refractivity contribution in [1.82, 2.24) is 14.7 Å². The summed E-state index contributed by atoms with van der Waals surface area (Å²) >= 11 is 0. The Balaban J connectivity index is 0.00000336. The van der Waals surface area contributed by atoms with Gasteiger partial charge in [-0.15, -0.1) is 12.4 Å². The van der Waals surface area contributed by atoms with Gasteiger partial charge >= 0.3 is 0 Å². The molecule has 1 spiro atoms. The normalized spacial score (nSPS) is 23.2. The quantitative estimate of drug-likeness (QED) is 0.506. The largest absolute Gasteiger partial charge is 0.497 e. The van der Waals surface area contributed by atoms with E-state index < -0.39 is 0 Å². The molecule has 6 nitrogen and oxygen atoms in total. The lowest BCUT2D eigenvalue weighted by atomic mass is 9.76. The molecule has 3 fully saturated rings. The van der Waals surface area contributed by atoms with Crippen molar-refractivity contribution >= 4 is 24.2 Å². The summed E-state index contributed by atoms with van der Waals surface area (Å²) in [5.74, 6) is 2.25. The molecule has 2 unspecified atom stereocenters. The number of benzene rings is 2. The van der Waals surface area contributed by atoms with E-state index in [0.29, 0.717) is 24.3 Å². The highest BCUT2D eigenvalue weighted by Gasteiger charge is 2.48. The Bertz CT molecular complexity index is 1080. The SMILES string of the molecule is COc1ccc(CN2CCC3(CCN(CC4CN(C(=O)C(C)C)CC4c4ccccc4)CC3)C2=O)cc1.Cl. The first kappa shape index (κ1) is 28.4. The third-order valence-electron chi connectivity index (χ3n) is 8.91. The third kappa shape index (κ3) is 5.86. The first-order valence-corrected chi connectivity index (χ1v) is 13.9. The molecule has 0 saturated carbocycles. The second-order valence-electron chi connectivity index (χ2n) is 11.6. The predicted molar refractivity (Wildman–Crippen MR) is 152 cm³/mol. The van der Waals surface area contributed by atoms with E-state index in [2.05, 4.69) is 57.2 Å². The third-order valence-corrected chi connectivity index (χ3v) is 8.91. The molecule has 3 aliphatic heterocycles. The Morgan fingerprint density at radius 2 is 1.63 bits per heavy atom. The Kier molecular flexibility index (Phi) is 9.04. The number of methoxy groups -OCH3 is 1. The van der Waals surface area contributed by atoms with Crippen molar-refractivity contribution < 1.29 is 14.3 Å². The molecule has 7 heteroatoms. The average molecular weight is 540 g/mol. The van der Waals surface area contributed by atoms with E-state index in [9.17, 15) is 9.59 Å². The van der Waals surface area contributed by atoms with E-state index >= 15 is 0 Å². The molecule has 38 heavy (non-hydrogen) atoms. The van der Waals surface area contributed by atoms with Crippen molar-refractivity contribution in [2.24, 2.45) is 17.3 Å². The first-order valence-electron chi connectivity index (χ1n) is 13.9. The van der Waals surface area contributed by atoms with Crippen molar-refractivity contribution in [3.8, 4) is 5.75 Å². The molecular weight excluding hydrogens is 498 g/mol. The fourth-order valence-electron chi connectivity index (χ4n) is 6.63. The molecule has 0 bridgehead atoms. The van der Waals surface area contributed by atoms with Gasteiger partial charge in [0.1, 0.15) is 5.75 Å². The number of rotatable bonds is 7. The molecule has 3 aliphatic rings. The first-order chi connectivity index (χ1) is 17.9. The molecule has 0 aromatic heterocycles. The van der Waals surface area contributed by atoms with Gasteiger partial charge in [-0.25, -0.2) is 0 Å². The summed E-state index contributed by atoms with van der Waals surface area (Å²) in [6.07, 6.45) is 2.83. The van der Waals surface area contributed by atoms with Gasteiger partial charge in [0.25, 0.3) is 0 Å². The monoisotopic (exact) mass is 539 g/mol. The van der Waals surface area contributed by atoms with E-state index in [-0.39, 0.29) is 29.6 Å². The number of amides is 2. The van der Waals surface area contributed by atoms with Crippen LogP contribution in [-0.2, 0) is 16.1 Å². The lowest BCUT2D eigenvalue weighted by Gasteiger charge is -2.39. The van der Waals surface area contributed by atoms with Crippen LogP contribution in [-0.4, -0.2) is 72.9 Å². The number of ether oxygens (including phenoxy) is 1. The average Bonchev–Trinajstić information content (AvgIpc) is 3.47. The van der Waals surface area contributed by atoms with Gasteiger partial charge in [0.2, 0.25) is 11.8 Å². The number of hydrogen-bond acceptors (Lipinski definition) is 4. The smallest absolute Gasteiger partial charge is 0.229 e. The van der Waals surface area contributed by atoms with Gasteiger partial charge in [0.15, 0.2) is 0 Å². The summed E-state index contributed by atoms with van der Waals surface area (Å²) in [7, 11) is 1.67. The lowest BCUT2D eigenvalue weighted by Crippen LogP contribution is -2.46. The maximum Gasteiger partial charge on any atom is 0.229 e. The molecule has 0 radical (unpaired) electrons. The van der Waals surface area contributed by atoms with Crippen LogP contribution in [0.3, 0.4) is 0 Å². The number of nitrogens with zero attached hydrogens (tertiary/aromatic N) is 3. The number of likely N-dealkylation sites (tertiary alicyclic amines) is 3. The zero-order chi connectivity index (χ0) is 26.0. The molecule has 2 atom stereocenters. The van der Waals surface area contributed by atoms with E-state index in [1.807, 2.05) is 26.0 Å². The Morgan fingerprint density at radius 1 is 0.974 bits per heavy atom. The van der Waals surface area contributed by atoms with Crippen LogP contribution in [0.25, 0.3) is 0 Å². The van der Waals surface area contributed by atoms with E-state index in [1.54, 1.807) is 7.11 Å². The van der Waals surface area contributed by atoms with Crippen LogP contribution in [0.4, 0.5) is 0 Å². The number of halogens is 1. The highest BCUT2D eigenvalue weighted by atomic mass is 35.5. The van der Waals surface area contributed by atoms with Crippen molar-refractivity contribution in [3.05, 3.63) is 65.7 Å². The summed E-state index contributed by atoms with van der Waals surface area (Å²) in [5, 5.41) is 0. The van der Waals surface area contributed by atoms with Crippen LogP contribution in [0.15, 0.2) is 54.6 Å². The molecule has 3 saturated heterocycles. The van der Waals surface area contributed by atoms with Gasteiger partial charge in [0, 0.05) is 44.6 Å². The number of piperidine rings is 1. The van der Waals surface area contributed by atoms with E-state index in [1.165, 1.54) is 5.56 Å². The highest BCUT2D eigenvalue weighted by Crippen LogP contribution is 2.43.